The van der Waals surface area contributed by atoms with E-state index in [-0.39, 0.29) is 43.8 Å². The van der Waals surface area contributed by atoms with Crippen LogP contribution in [0.1, 0.15) is 81.6 Å². The fraction of sp³-hybridized carbons (Fsp3) is 0.667. The minimum absolute atomic E-state index is 0. The summed E-state index contributed by atoms with van der Waals surface area (Å²) in [6.45, 7) is 2.47. The molecule has 154 valence electrons. The molecule has 0 aliphatic carbocycles. The van der Waals surface area contributed by atoms with Gasteiger partial charge in [0.15, 0.2) is 6.20 Å². The smallest absolute Gasteiger partial charge is 0.286 e. The average Bonchev–Trinajstić information content (AvgIpc) is 2.65. The van der Waals surface area contributed by atoms with Crippen molar-refractivity contribution in [2.45, 2.75) is 77.7 Å². The Labute approximate surface area is 170 Å². The Balaban J connectivity index is 0.00000676. The molecule has 5 nitrogen and oxygen atoms in total. The molecule has 27 heavy (non-hydrogen) atoms. The van der Waals surface area contributed by atoms with Gasteiger partial charge in [-0.15, -0.1) is 0 Å². The second-order valence-electron chi connectivity index (χ2n) is 6.79. The van der Waals surface area contributed by atoms with Gasteiger partial charge in [-0.3, -0.25) is 9.59 Å². The first-order chi connectivity index (χ1) is 12.7. The van der Waals surface area contributed by atoms with Crippen molar-refractivity contribution >= 4 is 11.7 Å². The van der Waals surface area contributed by atoms with Gasteiger partial charge in [-0.05, 0) is 12.5 Å². The van der Waals surface area contributed by atoms with E-state index in [2.05, 4.69) is 12.2 Å². The summed E-state index contributed by atoms with van der Waals surface area (Å²) >= 11 is 0. The molecule has 1 aromatic heterocycles. The van der Waals surface area contributed by atoms with E-state index in [9.17, 15) is 9.59 Å². The number of hydrogen-bond acceptors (Lipinski definition) is 3. The maximum atomic E-state index is 12.5. The van der Waals surface area contributed by atoms with Gasteiger partial charge < -0.3 is 22.8 Å². The van der Waals surface area contributed by atoms with E-state index in [0.717, 1.165) is 12.8 Å². The van der Waals surface area contributed by atoms with Gasteiger partial charge in [-0.25, -0.2) is 0 Å². The topological polar surface area (TPSA) is 70.3 Å². The third-order valence-corrected chi connectivity index (χ3v) is 4.48. The second-order valence-corrected chi connectivity index (χ2v) is 6.79. The summed E-state index contributed by atoms with van der Waals surface area (Å²) < 4.78 is 1.68. The number of nitrogens with zero attached hydrogens (tertiary/aromatic N) is 1. The molecule has 0 fully saturated rings. The lowest BCUT2D eigenvalue weighted by Crippen LogP contribution is -3.00. The number of ketones is 1. The zero-order valence-electron chi connectivity index (χ0n) is 16.6. The zero-order valence-corrected chi connectivity index (χ0v) is 17.3. The lowest BCUT2D eigenvalue weighted by Gasteiger charge is -2.05. The highest BCUT2D eigenvalue weighted by Gasteiger charge is 2.20. The number of amides is 1. The van der Waals surface area contributed by atoms with Gasteiger partial charge in [0.25, 0.3) is 5.91 Å². The predicted molar refractivity (Wildman–Crippen MR) is 103 cm³/mol. The highest BCUT2D eigenvalue weighted by atomic mass is 35.5. The average molecular weight is 399 g/mol. The first-order valence-corrected chi connectivity index (χ1v) is 10.1. The Bertz CT molecular complexity index is 538. The van der Waals surface area contributed by atoms with Gasteiger partial charge >= 0.3 is 0 Å². The maximum absolute atomic E-state index is 12.5. The molecule has 0 bridgehead atoms. The van der Waals surface area contributed by atoms with E-state index in [4.69, 9.17) is 5.11 Å². The van der Waals surface area contributed by atoms with Crippen molar-refractivity contribution in [3.63, 3.8) is 0 Å². The largest absolute Gasteiger partial charge is 1.00 e. The van der Waals surface area contributed by atoms with Gasteiger partial charge in [0.05, 0.1) is 6.61 Å². The summed E-state index contributed by atoms with van der Waals surface area (Å²) in [5.41, 5.74) is 0.575. The standard InChI is InChI=1S/C21H34N2O3.ClH/c1-2-3-4-5-6-7-8-9-10-14-20(25)19-13-11-12-16-23(19)18-21(26)22-15-17-24;/h11-13,16,24H,2-10,14-15,17-18H2,1H3;1H. The number of unbranched alkanes of at least 4 members (excludes halogenated alkanes) is 8. The number of nitrogens with one attached hydrogen (secondary N) is 1. The molecule has 0 saturated heterocycles. The Morgan fingerprint density at radius 1 is 1.00 bits per heavy atom. The Kier molecular flexibility index (Phi) is 15.8. The lowest BCUT2D eigenvalue weighted by molar-refractivity contribution is -0.686. The van der Waals surface area contributed by atoms with Gasteiger partial charge in [0.2, 0.25) is 18.0 Å². The van der Waals surface area contributed by atoms with Crippen LogP contribution in [-0.4, -0.2) is 29.9 Å². The monoisotopic (exact) mass is 398 g/mol. The normalized spacial score (nSPS) is 10.3. The molecule has 0 atom stereocenters. The number of pyridine rings is 1. The van der Waals surface area contributed by atoms with Crippen LogP contribution in [0.5, 0.6) is 0 Å². The highest BCUT2D eigenvalue weighted by Crippen LogP contribution is 2.11. The predicted octanol–water partition coefficient (Wildman–Crippen LogP) is 0.190. The molecule has 0 aliphatic rings. The number of aliphatic hydroxyl groups excluding tert-OH is 1. The van der Waals surface area contributed by atoms with Crippen molar-refractivity contribution in [3.8, 4) is 0 Å². The molecular weight excluding hydrogens is 364 g/mol. The SMILES string of the molecule is CCCCCCCCCCCC(=O)c1cccc[n+]1CC(=O)NCCO.[Cl-]. The quantitative estimate of drug-likeness (QED) is 0.252. The molecule has 1 aromatic rings. The molecule has 1 heterocycles. The van der Waals surface area contributed by atoms with Crippen LogP contribution in [0.25, 0.3) is 0 Å². The number of hydrogen-bond donors (Lipinski definition) is 2. The summed E-state index contributed by atoms with van der Waals surface area (Å²) in [5.74, 6) is -0.115. The number of carbonyl (C=O) groups excluding carboxylic acids is 2. The first kappa shape index (κ1) is 25.5. The number of halogens is 1. The van der Waals surface area contributed by atoms with Crippen molar-refractivity contribution in [1.29, 1.82) is 0 Å². The summed E-state index contributed by atoms with van der Waals surface area (Å²) in [5, 5.41) is 11.4. The van der Waals surface area contributed by atoms with Crippen molar-refractivity contribution in [2.24, 2.45) is 0 Å². The number of Topliss-reactive ketones (excluding diaryl/α,β-unsaturated/α-hetero) is 1. The van der Waals surface area contributed by atoms with Crippen molar-refractivity contribution < 1.29 is 31.7 Å². The summed E-state index contributed by atoms with van der Waals surface area (Å²) in [4.78, 5) is 24.3. The van der Waals surface area contributed by atoms with Crippen LogP contribution in [0, 0.1) is 0 Å². The second kappa shape index (κ2) is 16.7. The van der Waals surface area contributed by atoms with Crippen LogP contribution >= 0.6 is 0 Å². The molecule has 6 heteroatoms. The Morgan fingerprint density at radius 2 is 1.63 bits per heavy atom. The van der Waals surface area contributed by atoms with E-state index >= 15 is 0 Å². The van der Waals surface area contributed by atoms with Crippen molar-refractivity contribution in [2.75, 3.05) is 13.2 Å². The number of aliphatic hydroxyl groups is 1. The molecule has 0 saturated carbocycles. The summed E-state index contributed by atoms with van der Waals surface area (Å²) in [7, 11) is 0. The van der Waals surface area contributed by atoms with E-state index in [0.29, 0.717) is 12.1 Å². The molecule has 2 N–H and O–H groups in total. The zero-order chi connectivity index (χ0) is 19.0. The van der Waals surface area contributed by atoms with Gasteiger partial charge in [0, 0.05) is 25.1 Å². The lowest BCUT2D eigenvalue weighted by atomic mass is 10.0. The Hall–Kier alpha value is -1.46. The molecule has 1 amide bonds. The first-order valence-electron chi connectivity index (χ1n) is 10.1. The van der Waals surface area contributed by atoms with E-state index < -0.39 is 0 Å². The third kappa shape index (κ3) is 11.8. The van der Waals surface area contributed by atoms with Crippen LogP contribution in [0.3, 0.4) is 0 Å². The minimum atomic E-state index is -0.202. The molecular formula is C21H35ClN2O3. The number of rotatable bonds is 15. The molecule has 0 aliphatic heterocycles. The maximum Gasteiger partial charge on any atom is 0.286 e. The van der Waals surface area contributed by atoms with Gasteiger partial charge in [-0.2, -0.15) is 4.57 Å². The van der Waals surface area contributed by atoms with Crippen LogP contribution in [-0.2, 0) is 11.3 Å². The molecule has 1 rings (SSSR count). The van der Waals surface area contributed by atoms with Gasteiger partial charge in [0.1, 0.15) is 0 Å². The number of aromatic nitrogens is 1. The van der Waals surface area contributed by atoms with E-state index in [1.54, 1.807) is 16.8 Å². The van der Waals surface area contributed by atoms with Crippen LogP contribution in [0.15, 0.2) is 24.4 Å². The summed E-state index contributed by atoms with van der Waals surface area (Å²) in [6, 6.07) is 5.41. The highest BCUT2D eigenvalue weighted by molar-refractivity contribution is 5.92. The molecule has 0 radical (unpaired) electrons. The third-order valence-electron chi connectivity index (χ3n) is 4.48. The fourth-order valence-corrected chi connectivity index (χ4v) is 3.00. The minimum Gasteiger partial charge on any atom is -1.00 e. The molecule has 0 unspecified atom stereocenters. The fourth-order valence-electron chi connectivity index (χ4n) is 3.00. The van der Waals surface area contributed by atoms with Crippen molar-refractivity contribution in [3.05, 3.63) is 30.1 Å². The summed E-state index contributed by atoms with van der Waals surface area (Å²) in [6.07, 6.45) is 13.3. The van der Waals surface area contributed by atoms with Gasteiger partial charge in [-0.1, -0.05) is 58.3 Å². The van der Waals surface area contributed by atoms with Crippen molar-refractivity contribution in [1.82, 2.24) is 5.32 Å². The van der Waals surface area contributed by atoms with E-state index in [1.165, 1.54) is 44.9 Å². The van der Waals surface area contributed by atoms with E-state index in [1.807, 2.05) is 12.1 Å². The molecule has 0 aromatic carbocycles. The molecule has 0 spiro atoms. The van der Waals surface area contributed by atoms with Crippen LogP contribution in [0.2, 0.25) is 0 Å². The Morgan fingerprint density at radius 3 is 2.26 bits per heavy atom. The van der Waals surface area contributed by atoms with Crippen LogP contribution < -0.4 is 22.3 Å². The van der Waals surface area contributed by atoms with Crippen LogP contribution in [0.4, 0.5) is 0 Å². The number of carbonyl (C=O) groups is 2.